The van der Waals surface area contributed by atoms with Crippen LogP contribution >= 0.6 is 21.6 Å². The molecule has 1 amide bonds. The van der Waals surface area contributed by atoms with E-state index in [1.54, 1.807) is 0 Å². The molecule has 3 saturated carbocycles. The maximum atomic E-state index is 14.2. The van der Waals surface area contributed by atoms with Crippen molar-refractivity contribution < 1.29 is 29.3 Å². The summed E-state index contributed by atoms with van der Waals surface area (Å²) in [6.07, 6.45) is 22.2. The van der Waals surface area contributed by atoms with Gasteiger partial charge in [-0.2, -0.15) is 0 Å². The van der Waals surface area contributed by atoms with Crippen molar-refractivity contribution in [3.05, 3.63) is 12.2 Å². The number of fused-ring (bicyclic) bond motifs is 7. The molecule has 0 aromatic carbocycles. The second-order valence-electron chi connectivity index (χ2n) is 19.7. The lowest BCUT2D eigenvalue weighted by molar-refractivity contribution is -0.154. The Morgan fingerprint density at radius 2 is 1.81 bits per heavy atom. The van der Waals surface area contributed by atoms with Gasteiger partial charge in [0.1, 0.15) is 6.10 Å². The fraction of sp³-hybridized carbons (Fsp3) is 0.889. The zero-order valence-electron chi connectivity index (χ0n) is 35.8. The van der Waals surface area contributed by atoms with E-state index in [0.717, 1.165) is 109 Å². The number of amides is 1. The van der Waals surface area contributed by atoms with Crippen LogP contribution in [0.2, 0.25) is 0 Å². The van der Waals surface area contributed by atoms with Crippen LogP contribution in [-0.4, -0.2) is 106 Å². The second-order valence-corrected chi connectivity index (χ2v) is 22.5. The molecule has 59 heavy (non-hydrogen) atoms. The van der Waals surface area contributed by atoms with Crippen molar-refractivity contribution in [2.45, 2.75) is 183 Å². The normalized spacial score (nSPS) is 40.7. The van der Waals surface area contributed by atoms with Crippen LogP contribution in [0.25, 0.3) is 0 Å². The van der Waals surface area contributed by atoms with Crippen LogP contribution in [0.5, 0.6) is 0 Å². The quantitative estimate of drug-likeness (QED) is 0.111. The van der Waals surface area contributed by atoms with E-state index in [0.29, 0.717) is 63.1 Å². The number of carbonyl (C=O) groups excluding carboxylic acids is 2. The van der Waals surface area contributed by atoms with Crippen LogP contribution in [-0.2, 0) is 19.1 Å². The number of aliphatic hydroxyl groups excluding tert-OH is 2. The minimum Gasteiger partial charge on any atom is -0.462 e. The monoisotopic (exact) mass is 861 g/mol. The number of piperidine rings is 1. The predicted molar refractivity (Wildman–Crippen MR) is 237 cm³/mol. The van der Waals surface area contributed by atoms with Crippen LogP contribution < -0.4 is 22.1 Å². The smallest absolute Gasteiger partial charge is 0.302 e. The van der Waals surface area contributed by atoms with Crippen molar-refractivity contribution in [1.29, 1.82) is 0 Å². The van der Waals surface area contributed by atoms with Gasteiger partial charge < -0.3 is 46.7 Å². The Balaban J connectivity index is 1.13. The fourth-order valence-electron chi connectivity index (χ4n) is 12.1. The van der Waals surface area contributed by atoms with Gasteiger partial charge in [-0.25, -0.2) is 0 Å². The van der Waals surface area contributed by atoms with E-state index in [2.05, 4.69) is 22.8 Å². The standard InChI is InChI=1S/C45H76N6O6S2/c1-30(52)56-36-14-12-33-24-34(41(55)42-37(33)15-13-32-9-8-11-38(32)57-42)28-51-29-44(27-40(51)54,26-31-16-20-48-39(46)23-31)19-21-49-43(47)50-45(17-5-6-18-45)59-58-22-7-3-2-4-10-35(53)25-36/h13,15,31-39,41-42,48,53,55H,2-12,14,16-29,46H2,1H3,(H3,47,49,50)/t31?,32-,33?,34?,35-,36-,37?,38-,39?,41?,42?,44+/m0/s1. The molecule has 0 aromatic heterocycles. The molecule has 7 rings (SSSR count). The summed E-state index contributed by atoms with van der Waals surface area (Å²) in [4.78, 5) is 33.4. The Kier molecular flexibility index (Phi) is 16.4. The lowest BCUT2D eigenvalue weighted by Crippen LogP contribution is -2.52. The minimum atomic E-state index is -0.696. The largest absolute Gasteiger partial charge is 0.462 e. The third-order valence-corrected chi connectivity index (χ3v) is 18.3. The van der Waals surface area contributed by atoms with E-state index in [4.69, 9.17) is 25.9 Å². The van der Waals surface area contributed by atoms with Crippen molar-refractivity contribution in [1.82, 2.24) is 15.5 Å². The number of aliphatic imine (C=N–C) groups is 1. The highest BCUT2D eigenvalue weighted by atomic mass is 33.1. The number of aliphatic hydroxyl groups is 2. The Hall–Kier alpha value is -1.55. The van der Waals surface area contributed by atoms with Gasteiger partial charge >= 0.3 is 5.97 Å². The summed E-state index contributed by atoms with van der Waals surface area (Å²) < 4.78 is 12.8. The molecule has 14 heteroatoms. The average molecular weight is 861 g/mol. The van der Waals surface area contributed by atoms with Gasteiger partial charge in [-0.15, -0.1) is 0 Å². The van der Waals surface area contributed by atoms with E-state index >= 15 is 0 Å². The molecule has 7 aliphatic rings. The van der Waals surface area contributed by atoms with Gasteiger partial charge in [0.15, 0.2) is 5.96 Å². The molecule has 0 aromatic rings. The first-order valence-electron chi connectivity index (χ1n) is 23.5. The number of ether oxygens (including phenoxy) is 2. The maximum Gasteiger partial charge on any atom is 0.302 e. The van der Waals surface area contributed by atoms with Gasteiger partial charge in [0.05, 0.1) is 35.5 Å². The molecule has 4 aliphatic heterocycles. The summed E-state index contributed by atoms with van der Waals surface area (Å²) in [5.41, 5.74) is 12.8. The van der Waals surface area contributed by atoms with Crippen LogP contribution in [0.15, 0.2) is 17.1 Å². The van der Waals surface area contributed by atoms with Crippen LogP contribution in [0, 0.1) is 35.0 Å². The Labute approximate surface area is 361 Å². The zero-order chi connectivity index (χ0) is 41.4. The minimum absolute atomic E-state index is 0.0308. The van der Waals surface area contributed by atoms with E-state index in [-0.39, 0.29) is 64.4 Å². The summed E-state index contributed by atoms with van der Waals surface area (Å²) in [5.74, 6) is 2.27. The first-order chi connectivity index (χ1) is 28.5. The average Bonchev–Trinajstić information content (AvgIpc) is 3.88. The summed E-state index contributed by atoms with van der Waals surface area (Å²) in [6.45, 7) is 4.04. The second kappa shape index (κ2) is 21.2. The van der Waals surface area contributed by atoms with Gasteiger partial charge in [-0.1, -0.05) is 72.3 Å². The highest BCUT2D eigenvalue weighted by molar-refractivity contribution is 8.77. The number of hydrogen-bond acceptors (Lipinski definition) is 13. The van der Waals surface area contributed by atoms with Crippen LogP contribution in [0.4, 0.5) is 0 Å². The molecule has 5 fully saturated rings. The molecule has 4 heterocycles. The molecule has 2 saturated heterocycles. The molecule has 12 atom stereocenters. The van der Waals surface area contributed by atoms with Gasteiger partial charge in [-0.3, -0.25) is 14.6 Å². The van der Waals surface area contributed by atoms with Crippen molar-refractivity contribution in [2.24, 2.45) is 51.5 Å². The number of nitrogens with one attached hydrogen (secondary N) is 2. The third kappa shape index (κ3) is 12.3. The third-order valence-electron chi connectivity index (χ3n) is 15.0. The number of esters is 1. The van der Waals surface area contributed by atoms with Crippen LogP contribution in [0.1, 0.15) is 142 Å². The Morgan fingerprint density at radius 3 is 2.63 bits per heavy atom. The summed E-state index contributed by atoms with van der Waals surface area (Å²) in [5, 5.41) is 30.4. The first-order valence-corrected chi connectivity index (χ1v) is 25.8. The number of hydrogen-bond donors (Lipinski definition) is 6. The molecule has 3 aliphatic carbocycles. The molecule has 4 bridgehead atoms. The van der Waals surface area contributed by atoms with Gasteiger partial charge in [0.25, 0.3) is 0 Å². The topological polar surface area (TPSA) is 185 Å². The van der Waals surface area contributed by atoms with E-state index in [1.807, 2.05) is 26.5 Å². The number of guanidine groups is 1. The summed E-state index contributed by atoms with van der Waals surface area (Å²) >= 11 is 0. The molecular weight excluding hydrogens is 785 g/mol. The van der Waals surface area contributed by atoms with E-state index in [9.17, 15) is 19.8 Å². The van der Waals surface area contributed by atoms with Gasteiger partial charge in [0, 0.05) is 62.9 Å². The SMILES string of the molecule is CC(=O)O[C@H]1CCC2CC(CN3C[C@@](CC4CCNC(N)C4)(CCN=C(N)NC4(CCCC4)SSCCCCCC[C@H](O)C1)CC3=O)C(O)C1O[C@H]3CCC[C@H]3C=CC21. The van der Waals surface area contributed by atoms with Crippen LogP contribution in [0.3, 0.4) is 0 Å². The zero-order valence-corrected chi connectivity index (χ0v) is 37.4. The summed E-state index contributed by atoms with van der Waals surface area (Å²) in [6, 6.07) is 0. The highest BCUT2D eigenvalue weighted by Crippen LogP contribution is 2.48. The fourth-order valence-corrected chi connectivity index (χ4v) is 15.2. The number of rotatable bonds is 3. The van der Waals surface area contributed by atoms with E-state index < -0.39 is 12.2 Å². The molecule has 0 radical (unpaired) electrons. The number of nitrogens with two attached hydrogens (primary N) is 2. The molecule has 334 valence electrons. The Bertz CT molecular complexity index is 1450. The number of carbonyl (C=O) groups is 2. The van der Waals surface area contributed by atoms with Crippen molar-refractivity contribution >= 4 is 39.4 Å². The Morgan fingerprint density at radius 1 is 0.983 bits per heavy atom. The van der Waals surface area contributed by atoms with Crippen molar-refractivity contribution in [2.75, 3.05) is 31.9 Å². The van der Waals surface area contributed by atoms with Gasteiger partial charge in [-0.05, 0) is 107 Å². The lowest BCUT2D eigenvalue weighted by atomic mass is 9.68. The van der Waals surface area contributed by atoms with Crippen molar-refractivity contribution in [3.8, 4) is 0 Å². The molecule has 8 N–H and O–H groups in total. The molecule has 7 unspecified atom stereocenters. The van der Waals surface area contributed by atoms with Gasteiger partial charge in [0.2, 0.25) is 5.91 Å². The predicted octanol–water partition coefficient (Wildman–Crippen LogP) is 5.99. The molecule has 12 nitrogen and oxygen atoms in total. The summed E-state index contributed by atoms with van der Waals surface area (Å²) in [7, 11) is 3.84. The maximum absolute atomic E-state index is 14.2. The van der Waals surface area contributed by atoms with Crippen molar-refractivity contribution in [3.63, 3.8) is 0 Å². The number of nitrogens with zero attached hydrogens (tertiary/aromatic N) is 2. The first kappa shape index (κ1) is 45.5. The molecular formula is C45H76N6O6S2. The van der Waals surface area contributed by atoms with E-state index in [1.165, 1.54) is 19.8 Å². The molecule has 1 spiro atoms. The highest BCUT2D eigenvalue weighted by Gasteiger charge is 2.50. The lowest BCUT2D eigenvalue weighted by Gasteiger charge is -2.46.